The molecule has 0 saturated heterocycles. The van der Waals surface area contributed by atoms with E-state index in [9.17, 15) is 4.79 Å². The Labute approximate surface area is 93.0 Å². The summed E-state index contributed by atoms with van der Waals surface area (Å²) < 4.78 is 0. The zero-order valence-corrected chi connectivity index (χ0v) is 8.73. The number of nitrogens with one attached hydrogen (secondary N) is 1. The lowest BCUT2D eigenvalue weighted by atomic mass is 9.82. The molecule has 0 saturated carbocycles. The van der Waals surface area contributed by atoms with E-state index in [4.69, 9.17) is 5.11 Å². The maximum Gasteiger partial charge on any atom is 0.335 e. The van der Waals surface area contributed by atoms with Gasteiger partial charge in [0.1, 0.15) is 0 Å². The third-order valence-electron chi connectivity index (χ3n) is 3.31. The van der Waals surface area contributed by atoms with E-state index in [2.05, 4.69) is 10.5 Å². The molecule has 82 valence electrons. The number of fused-ring (bicyclic) bond motifs is 3. The number of aryl methyl sites for hydroxylation is 1. The van der Waals surface area contributed by atoms with Gasteiger partial charge >= 0.3 is 5.97 Å². The van der Waals surface area contributed by atoms with Gasteiger partial charge in [0.2, 0.25) is 0 Å². The zero-order chi connectivity index (χ0) is 11.1. The van der Waals surface area contributed by atoms with Crippen LogP contribution in [-0.4, -0.2) is 23.3 Å². The van der Waals surface area contributed by atoms with Crippen molar-refractivity contribution in [1.29, 1.82) is 0 Å². The van der Waals surface area contributed by atoms with Crippen LogP contribution in [0.5, 0.6) is 0 Å². The van der Waals surface area contributed by atoms with Crippen LogP contribution in [0.2, 0.25) is 0 Å². The molecule has 2 aliphatic rings. The second-order valence-electron chi connectivity index (χ2n) is 4.27. The number of aromatic carboxylic acids is 1. The molecule has 4 heteroatoms. The Balaban J connectivity index is 2.08. The van der Waals surface area contributed by atoms with E-state index < -0.39 is 5.97 Å². The van der Waals surface area contributed by atoms with Crippen LogP contribution in [-0.2, 0) is 6.42 Å². The molecule has 0 bridgehead atoms. The van der Waals surface area contributed by atoms with Crippen LogP contribution in [0.3, 0.4) is 0 Å². The molecule has 1 atom stereocenters. The van der Waals surface area contributed by atoms with Gasteiger partial charge in [-0.05, 0) is 30.5 Å². The molecule has 0 fully saturated rings. The minimum absolute atomic E-state index is 0.365. The van der Waals surface area contributed by atoms with Crippen LogP contribution in [0.25, 0.3) is 0 Å². The number of carboxylic acids is 1. The molecule has 3 rings (SSSR count). The summed E-state index contributed by atoms with van der Waals surface area (Å²) in [6.45, 7) is 0.912. The highest BCUT2D eigenvalue weighted by Crippen LogP contribution is 2.28. The van der Waals surface area contributed by atoms with Crippen LogP contribution >= 0.6 is 0 Å². The number of nitrogens with zero attached hydrogens (tertiary/aromatic N) is 1. The monoisotopic (exact) mass is 216 g/mol. The first kappa shape index (κ1) is 9.39. The molecular weight excluding hydrogens is 204 g/mol. The Morgan fingerprint density at radius 3 is 3.19 bits per heavy atom. The van der Waals surface area contributed by atoms with Crippen molar-refractivity contribution in [2.24, 2.45) is 11.0 Å². The van der Waals surface area contributed by atoms with Gasteiger partial charge in [0, 0.05) is 18.0 Å². The quantitative estimate of drug-likeness (QED) is 0.742. The molecule has 0 aromatic heterocycles. The summed E-state index contributed by atoms with van der Waals surface area (Å²) in [7, 11) is 0. The second kappa shape index (κ2) is 3.33. The number of carboxylic acid groups (broad SMARTS) is 1. The average Bonchev–Trinajstić information content (AvgIpc) is 2.76. The summed E-state index contributed by atoms with van der Waals surface area (Å²) in [5.41, 5.74) is 6.70. The van der Waals surface area contributed by atoms with E-state index in [1.165, 1.54) is 0 Å². The number of hydrogen-bond donors (Lipinski definition) is 2. The SMILES string of the molecule is O=C(O)c1ccc2c(c1)CCC1CNN=C21. The maximum atomic E-state index is 10.9. The van der Waals surface area contributed by atoms with E-state index in [0.29, 0.717) is 11.5 Å². The molecule has 2 N–H and O–H groups in total. The van der Waals surface area contributed by atoms with Crippen LogP contribution in [0.15, 0.2) is 23.3 Å². The molecule has 1 heterocycles. The molecular formula is C12H12N2O2. The number of hydrogen-bond acceptors (Lipinski definition) is 3. The van der Waals surface area contributed by atoms with Crippen LogP contribution in [0, 0.1) is 5.92 Å². The molecule has 1 aromatic rings. The third-order valence-corrected chi connectivity index (χ3v) is 3.31. The highest BCUT2D eigenvalue weighted by atomic mass is 16.4. The Kier molecular flexibility index (Phi) is 1.96. The van der Waals surface area contributed by atoms with Gasteiger partial charge in [-0.1, -0.05) is 6.07 Å². The van der Waals surface area contributed by atoms with Gasteiger partial charge in [0.25, 0.3) is 0 Å². The highest BCUT2D eigenvalue weighted by molar-refractivity contribution is 6.05. The van der Waals surface area contributed by atoms with Crippen LogP contribution < -0.4 is 5.43 Å². The van der Waals surface area contributed by atoms with Crippen molar-refractivity contribution in [3.05, 3.63) is 34.9 Å². The first-order valence-corrected chi connectivity index (χ1v) is 5.43. The fourth-order valence-electron chi connectivity index (χ4n) is 2.46. The predicted octanol–water partition coefficient (Wildman–Crippen LogP) is 1.25. The Bertz CT molecular complexity index is 494. The third kappa shape index (κ3) is 1.30. The summed E-state index contributed by atoms with van der Waals surface area (Å²) in [4.78, 5) is 10.9. The van der Waals surface area contributed by atoms with Gasteiger partial charge in [0.05, 0.1) is 11.3 Å². The molecule has 1 unspecified atom stereocenters. The standard InChI is InChI=1S/C12H12N2O2/c15-12(16)8-3-4-10-7(5-8)1-2-9-6-13-14-11(9)10/h3-5,9,13H,1-2,6H2,(H,15,16). The van der Waals surface area contributed by atoms with Crippen molar-refractivity contribution in [2.75, 3.05) is 6.54 Å². The summed E-state index contributed by atoms with van der Waals surface area (Å²) in [5, 5.41) is 13.2. The molecule has 16 heavy (non-hydrogen) atoms. The predicted molar refractivity (Wildman–Crippen MR) is 59.8 cm³/mol. The maximum absolute atomic E-state index is 10.9. The van der Waals surface area contributed by atoms with Crippen molar-refractivity contribution in [2.45, 2.75) is 12.8 Å². The normalized spacial score (nSPS) is 21.8. The number of hydrazone groups is 1. The van der Waals surface area contributed by atoms with Crippen molar-refractivity contribution in [3.63, 3.8) is 0 Å². The molecule has 0 amide bonds. The molecule has 1 aromatic carbocycles. The van der Waals surface area contributed by atoms with Gasteiger partial charge in [-0.25, -0.2) is 4.79 Å². The average molecular weight is 216 g/mol. The minimum atomic E-state index is -0.864. The smallest absolute Gasteiger partial charge is 0.335 e. The number of benzene rings is 1. The lowest BCUT2D eigenvalue weighted by Gasteiger charge is -2.21. The van der Waals surface area contributed by atoms with Gasteiger partial charge in [-0.2, -0.15) is 5.10 Å². The van der Waals surface area contributed by atoms with Gasteiger partial charge < -0.3 is 10.5 Å². The van der Waals surface area contributed by atoms with Crippen LogP contribution in [0.1, 0.15) is 27.9 Å². The summed E-state index contributed by atoms with van der Waals surface area (Å²) >= 11 is 0. The topological polar surface area (TPSA) is 61.7 Å². The highest BCUT2D eigenvalue weighted by Gasteiger charge is 2.29. The molecule has 0 radical (unpaired) electrons. The van der Waals surface area contributed by atoms with Crippen LogP contribution in [0.4, 0.5) is 0 Å². The molecule has 1 aliphatic carbocycles. The molecule has 1 aliphatic heterocycles. The van der Waals surface area contributed by atoms with E-state index in [1.54, 1.807) is 12.1 Å². The van der Waals surface area contributed by atoms with E-state index >= 15 is 0 Å². The zero-order valence-electron chi connectivity index (χ0n) is 8.73. The van der Waals surface area contributed by atoms with Gasteiger partial charge in [-0.3, -0.25) is 0 Å². The second-order valence-corrected chi connectivity index (χ2v) is 4.27. The Morgan fingerprint density at radius 1 is 1.50 bits per heavy atom. The van der Waals surface area contributed by atoms with E-state index in [0.717, 1.165) is 36.2 Å². The van der Waals surface area contributed by atoms with Crippen molar-refractivity contribution in [1.82, 2.24) is 5.43 Å². The largest absolute Gasteiger partial charge is 0.478 e. The molecule has 0 spiro atoms. The van der Waals surface area contributed by atoms with Crippen molar-refractivity contribution >= 4 is 11.7 Å². The fourth-order valence-corrected chi connectivity index (χ4v) is 2.46. The van der Waals surface area contributed by atoms with E-state index in [-0.39, 0.29) is 0 Å². The first-order valence-electron chi connectivity index (χ1n) is 5.43. The lowest BCUT2D eigenvalue weighted by molar-refractivity contribution is 0.0696. The Morgan fingerprint density at radius 2 is 2.38 bits per heavy atom. The number of rotatable bonds is 1. The fraction of sp³-hybridized carbons (Fsp3) is 0.333. The first-order chi connectivity index (χ1) is 7.75. The molecule has 4 nitrogen and oxygen atoms in total. The lowest BCUT2D eigenvalue weighted by Crippen LogP contribution is -2.23. The summed E-state index contributed by atoms with van der Waals surface area (Å²) in [6, 6.07) is 5.32. The summed E-state index contributed by atoms with van der Waals surface area (Å²) in [6.07, 6.45) is 2.00. The Hall–Kier alpha value is -1.84. The number of carbonyl (C=O) groups is 1. The van der Waals surface area contributed by atoms with E-state index in [1.807, 2.05) is 6.07 Å². The van der Waals surface area contributed by atoms with Gasteiger partial charge in [-0.15, -0.1) is 0 Å². The van der Waals surface area contributed by atoms with Gasteiger partial charge in [0.15, 0.2) is 0 Å². The van der Waals surface area contributed by atoms with Crippen molar-refractivity contribution in [3.8, 4) is 0 Å². The van der Waals surface area contributed by atoms with Crippen molar-refractivity contribution < 1.29 is 9.90 Å². The summed E-state index contributed by atoms with van der Waals surface area (Å²) in [5.74, 6) is -0.361. The minimum Gasteiger partial charge on any atom is -0.478 e.